The van der Waals surface area contributed by atoms with E-state index in [2.05, 4.69) is 0 Å². The van der Waals surface area contributed by atoms with Gasteiger partial charge in [-0.25, -0.2) is 0 Å². The van der Waals surface area contributed by atoms with E-state index < -0.39 is 0 Å². The van der Waals surface area contributed by atoms with Crippen LogP contribution in [0.3, 0.4) is 0 Å². The zero-order valence-corrected chi connectivity index (χ0v) is 14.9. The number of carbonyl (C=O) groups excluding carboxylic acids is 2. The maximum absolute atomic E-state index is 12.9. The number of fused-ring (bicyclic) bond motifs is 1. The van der Waals surface area contributed by atoms with Gasteiger partial charge < -0.3 is 10.5 Å². The van der Waals surface area contributed by atoms with Crippen molar-refractivity contribution >= 4 is 39.7 Å². The van der Waals surface area contributed by atoms with Crippen molar-refractivity contribution in [2.24, 2.45) is 5.92 Å². The molecule has 1 atom stereocenters. The highest BCUT2D eigenvalue weighted by Gasteiger charge is 2.32. The van der Waals surface area contributed by atoms with Crippen molar-refractivity contribution in [2.45, 2.75) is 26.2 Å². The molecule has 1 heterocycles. The van der Waals surface area contributed by atoms with Gasteiger partial charge in [-0.3, -0.25) is 9.59 Å². The molecule has 0 fully saturated rings. The molecule has 1 aromatic heterocycles. The van der Waals surface area contributed by atoms with Gasteiger partial charge in [0.1, 0.15) is 0 Å². The first-order valence-electron chi connectivity index (χ1n) is 7.88. The van der Waals surface area contributed by atoms with Gasteiger partial charge >= 0.3 is 5.97 Å². The van der Waals surface area contributed by atoms with Gasteiger partial charge in [0.2, 0.25) is 0 Å². The Hall–Kier alpha value is -1.85. The number of nitrogen functional groups attached to an aromatic ring is 1. The maximum Gasteiger partial charge on any atom is 0.309 e. The number of carbonyl (C=O) groups is 2. The molecule has 1 unspecified atom stereocenters. The Kier molecular flexibility index (Phi) is 4.92. The van der Waals surface area contributed by atoms with E-state index >= 15 is 0 Å². The average molecular weight is 364 g/mol. The Balaban J connectivity index is 1.97. The zero-order chi connectivity index (χ0) is 17.3. The number of anilines is 1. The summed E-state index contributed by atoms with van der Waals surface area (Å²) >= 11 is 7.59. The first kappa shape index (κ1) is 17.0. The first-order valence-corrected chi connectivity index (χ1v) is 9.08. The van der Waals surface area contributed by atoms with Gasteiger partial charge in [-0.05, 0) is 43.9 Å². The van der Waals surface area contributed by atoms with E-state index in [-0.39, 0.29) is 17.7 Å². The molecule has 126 valence electrons. The molecular formula is C18H18ClNO3S. The minimum atomic E-state index is -0.218. The topological polar surface area (TPSA) is 69.4 Å². The minimum Gasteiger partial charge on any atom is -0.466 e. The second-order valence-electron chi connectivity index (χ2n) is 5.74. The molecule has 2 aromatic rings. The van der Waals surface area contributed by atoms with Crippen LogP contribution in [0.15, 0.2) is 24.3 Å². The molecule has 24 heavy (non-hydrogen) atoms. The van der Waals surface area contributed by atoms with Crippen LogP contribution in [0.5, 0.6) is 0 Å². The number of thiophene rings is 1. The molecule has 0 radical (unpaired) electrons. The summed E-state index contributed by atoms with van der Waals surface area (Å²) in [5.74, 6) is -0.603. The predicted molar refractivity (Wildman–Crippen MR) is 95.8 cm³/mol. The minimum absolute atomic E-state index is 0.180. The van der Waals surface area contributed by atoms with Crippen LogP contribution >= 0.6 is 22.9 Å². The predicted octanol–water partition coefficient (Wildman–Crippen LogP) is 3.88. The highest BCUT2D eigenvalue weighted by atomic mass is 35.5. The fraction of sp³-hybridized carbons (Fsp3) is 0.333. The second kappa shape index (κ2) is 6.95. The highest BCUT2D eigenvalue weighted by Crippen LogP contribution is 2.40. The Labute approximate surface area is 149 Å². The van der Waals surface area contributed by atoms with E-state index in [1.54, 1.807) is 31.2 Å². The van der Waals surface area contributed by atoms with Gasteiger partial charge in [0.15, 0.2) is 5.78 Å². The number of ether oxygens (including phenoxy) is 1. The van der Waals surface area contributed by atoms with Crippen molar-refractivity contribution in [3.8, 4) is 0 Å². The molecule has 0 amide bonds. The van der Waals surface area contributed by atoms with Gasteiger partial charge in [-0.2, -0.15) is 0 Å². The van der Waals surface area contributed by atoms with Crippen LogP contribution in [0, 0.1) is 5.92 Å². The third-order valence-electron chi connectivity index (χ3n) is 4.25. The van der Waals surface area contributed by atoms with Crippen LogP contribution in [0.2, 0.25) is 5.02 Å². The number of rotatable bonds is 4. The number of hydrogen-bond donors (Lipinski definition) is 1. The summed E-state index contributed by atoms with van der Waals surface area (Å²) in [6, 6.07) is 6.93. The lowest BCUT2D eigenvalue weighted by Gasteiger charge is -2.21. The summed E-state index contributed by atoms with van der Waals surface area (Å²) in [4.78, 5) is 26.1. The summed E-state index contributed by atoms with van der Waals surface area (Å²) in [6.45, 7) is 2.15. The summed E-state index contributed by atoms with van der Waals surface area (Å²) < 4.78 is 5.13. The van der Waals surface area contributed by atoms with Gasteiger partial charge in [-0.1, -0.05) is 23.7 Å². The molecule has 0 bridgehead atoms. The Morgan fingerprint density at radius 3 is 2.83 bits per heavy atom. The number of ketones is 1. The largest absolute Gasteiger partial charge is 0.466 e. The van der Waals surface area contributed by atoms with E-state index in [4.69, 9.17) is 22.1 Å². The van der Waals surface area contributed by atoms with E-state index in [0.717, 1.165) is 23.3 Å². The lowest BCUT2D eigenvalue weighted by molar-refractivity contribution is -0.148. The van der Waals surface area contributed by atoms with Crippen LogP contribution in [0.4, 0.5) is 5.00 Å². The molecule has 1 aromatic carbocycles. The van der Waals surface area contributed by atoms with Crippen molar-refractivity contribution in [3.63, 3.8) is 0 Å². The van der Waals surface area contributed by atoms with Crippen molar-refractivity contribution in [1.82, 2.24) is 0 Å². The molecule has 1 aliphatic rings. The molecule has 6 heteroatoms. The number of esters is 1. The normalized spacial score (nSPS) is 16.5. The third-order valence-corrected chi connectivity index (χ3v) is 5.70. The molecule has 0 saturated heterocycles. The van der Waals surface area contributed by atoms with Crippen LogP contribution in [0.1, 0.15) is 39.7 Å². The average Bonchev–Trinajstić information content (AvgIpc) is 2.89. The van der Waals surface area contributed by atoms with Crippen LogP contribution in [-0.4, -0.2) is 18.4 Å². The van der Waals surface area contributed by atoms with E-state index in [1.165, 1.54) is 11.3 Å². The first-order chi connectivity index (χ1) is 11.5. The Bertz CT molecular complexity index is 800. The van der Waals surface area contributed by atoms with Crippen molar-refractivity contribution in [2.75, 3.05) is 12.3 Å². The van der Waals surface area contributed by atoms with Crippen molar-refractivity contribution in [1.29, 1.82) is 0 Å². The zero-order valence-electron chi connectivity index (χ0n) is 13.3. The molecular weight excluding hydrogens is 346 g/mol. The Morgan fingerprint density at radius 1 is 1.38 bits per heavy atom. The number of aryl methyl sites for hydroxylation is 1. The molecule has 0 spiro atoms. The lowest BCUT2D eigenvalue weighted by atomic mass is 9.85. The van der Waals surface area contributed by atoms with Crippen molar-refractivity contribution < 1.29 is 14.3 Å². The maximum atomic E-state index is 12.9. The van der Waals surface area contributed by atoms with E-state index in [9.17, 15) is 9.59 Å². The second-order valence-corrected chi connectivity index (χ2v) is 7.29. The standard InChI is InChI=1S/C18H18ClNO3S/c1-2-23-18(22)10-7-8-14-12(9-10)15(17(20)24-14)16(21)11-5-3-4-6-13(11)19/h3-6,10H,2,7-9,20H2,1H3. The van der Waals surface area contributed by atoms with Gasteiger partial charge in [0, 0.05) is 10.4 Å². The van der Waals surface area contributed by atoms with Crippen LogP contribution in [-0.2, 0) is 22.4 Å². The Morgan fingerprint density at radius 2 is 2.12 bits per heavy atom. The van der Waals surface area contributed by atoms with Crippen molar-refractivity contribution in [3.05, 3.63) is 50.9 Å². The lowest BCUT2D eigenvalue weighted by Crippen LogP contribution is -2.25. The summed E-state index contributed by atoms with van der Waals surface area (Å²) in [7, 11) is 0. The molecule has 3 rings (SSSR count). The fourth-order valence-electron chi connectivity index (χ4n) is 3.10. The number of hydrogen-bond acceptors (Lipinski definition) is 5. The monoisotopic (exact) mass is 363 g/mol. The smallest absolute Gasteiger partial charge is 0.309 e. The number of benzene rings is 1. The third kappa shape index (κ3) is 3.06. The molecule has 2 N–H and O–H groups in total. The molecule has 0 saturated carbocycles. The number of halogens is 1. The van der Waals surface area contributed by atoms with Gasteiger partial charge in [0.05, 0.1) is 28.1 Å². The number of nitrogens with two attached hydrogens (primary N) is 1. The van der Waals surface area contributed by atoms with Crippen LogP contribution < -0.4 is 5.73 Å². The molecule has 4 nitrogen and oxygen atoms in total. The van der Waals surface area contributed by atoms with E-state index in [1.807, 2.05) is 0 Å². The molecule has 0 aliphatic heterocycles. The van der Waals surface area contributed by atoms with E-state index in [0.29, 0.717) is 34.2 Å². The summed E-state index contributed by atoms with van der Waals surface area (Å²) in [5.41, 5.74) is 7.94. The van der Waals surface area contributed by atoms with Crippen LogP contribution in [0.25, 0.3) is 0 Å². The fourth-order valence-corrected chi connectivity index (χ4v) is 4.43. The summed E-state index contributed by atoms with van der Waals surface area (Å²) in [6.07, 6.45) is 1.96. The SMILES string of the molecule is CCOC(=O)C1CCc2sc(N)c(C(=O)c3ccccc3Cl)c2C1. The van der Waals surface area contributed by atoms with Gasteiger partial charge in [-0.15, -0.1) is 11.3 Å². The quantitative estimate of drug-likeness (QED) is 0.661. The highest BCUT2D eigenvalue weighted by molar-refractivity contribution is 7.16. The molecule has 1 aliphatic carbocycles. The van der Waals surface area contributed by atoms with Gasteiger partial charge in [0.25, 0.3) is 0 Å². The summed E-state index contributed by atoms with van der Waals surface area (Å²) in [5, 5.41) is 0.897.